The molecule has 0 aliphatic carbocycles. The van der Waals surface area contributed by atoms with Crippen LogP contribution in [0.1, 0.15) is 38.7 Å². The van der Waals surface area contributed by atoms with Gasteiger partial charge >= 0.3 is 0 Å². The number of piperidine rings is 1. The van der Waals surface area contributed by atoms with Gasteiger partial charge in [0.25, 0.3) is 0 Å². The minimum Gasteiger partial charge on any atom is -0.314 e. The summed E-state index contributed by atoms with van der Waals surface area (Å²) >= 11 is 0. The SMILES string of the molecule is CC1CC(N2C(=O)CC(C)(c3ccccc3)C2=O)CCN1. The second-order valence-electron chi connectivity index (χ2n) is 6.48. The van der Waals surface area contributed by atoms with Crippen molar-refractivity contribution in [3.05, 3.63) is 35.9 Å². The Bertz CT molecular complexity index is 557. The van der Waals surface area contributed by atoms with Gasteiger partial charge in [0.2, 0.25) is 11.8 Å². The quantitative estimate of drug-likeness (QED) is 0.844. The fourth-order valence-electron chi connectivity index (χ4n) is 3.58. The largest absolute Gasteiger partial charge is 0.314 e. The van der Waals surface area contributed by atoms with Gasteiger partial charge in [-0.2, -0.15) is 0 Å². The minimum atomic E-state index is -0.702. The molecule has 2 amide bonds. The summed E-state index contributed by atoms with van der Waals surface area (Å²) in [7, 11) is 0. The van der Waals surface area contributed by atoms with E-state index in [1.807, 2.05) is 37.3 Å². The number of hydrogen-bond donors (Lipinski definition) is 1. The highest BCUT2D eigenvalue weighted by atomic mass is 16.2. The first kappa shape index (κ1) is 14.3. The van der Waals surface area contributed by atoms with Crippen LogP contribution in [0.25, 0.3) is 0 Å². The lowest BCUT2D eigenvalue weighted by Gasteiger charge is -2.34. The molecule has 4 heteroatoms. The number of rotatable bonds is 2. The van der Waals surface area contributed by atoms with Crippen LogP contribution in [0.3, 0.4) is 0 Å². The van der Waals surface area contributed by atoms with Crippen molar-refractivity contribution in [2.24, 2.45) is 0 Å². The molecule has 2 heterocycles. The molecule has 0 spiro atoms. The molecular weight excluding hydrogens is 264 g/mol. The second kappa shape index (κ2) is 5.26. The van der Waals surface area contributed by atoms with Crippen LogP contribution in [-0.2, 0) is 15.0 Å². The normalized spacial score (nSPS) is 33.5. The van der Waals surface area contributed by atoms with E-state index in [1.165, 1.54) is 0 Å². The van der Waals surface area contributed by atoms with E-state index < -0.39 is 5.41 Å². The lowest BCUT2D eigenvalue weighted by atomic mass is 9.81. The lowest BCUT2D eigenvalue weighted by Crippen LogP contribution is -2.50. The number of carbonyl (C=O) groups is 2. The molecule has 2 aliphatic heterocycles. The van der Waals surface area contributed by atoms with Crippen LogP contribution in [0, 0.1) is 0 Å². The van der Waals surface area contributed by atoms with Gasteiger partial charge in [0.1, 0.15) is 0 Å². The highest BCUT2D eigenvalue weighted by Gasteiger charge is 2.51. The van der Waals surface area contributed by atoms with Crippen LogP contribution in [0.5, 0.6) is 0 Å². The number of benzene rings is 1. The first-order valence-electron chi connectivity index (χ1n) is 7.68. The van der Waals surface area contributed by atoms with Crippen LogP contribution in [0.2, 0.25) is 0 Å². The molecule has 1 aromatic carbocycles. The topological polar surface area (TPSA) is 49.4 Å². The van der Waals surface area contributed by atoms with Gasteiger partial charge in [0.15, 0.2) is 0 Å². The van der Waals surface area contributed by atoms with Crippen LogP contribution < -0.4 is 5.32 Å². The van der Waals surface area contributed by atoms with Gasteiger partial charge in [-0.05, 0) is 38.8 Å². The molecule has 1 N–H and O–H groups in total. The van der Waals surface area contributed by atoms with Gasteiger partial charge in [0.05, 0.1) is 5.41 Å². The van der Waals surface area contributed by atoms with E-state index in [2.05, 4.69) is 12.2 Å². The third kappa shape index (κ3) is 2.38. The summed E-state index contributed by atoms with van der Waals surface area (Å²) in [6, 6.07) is 10.1. The molecule has 0 radical (unpaired) electrons. The van der Waals surface area contributed by atoms with Gasteiger partial charge in [-0.3, -0.25) is 14.5 Å². The Morgan fingerprint density at radius 3 is 2.62 bits per heavy atom. The zero-order chi connectivity index (χ0) is 15.0. The van der Waals surface area contributed by atoms with Crippen molar-refractivity contribution < 1.29 is 9.59 Å². The number of likely N-dealkylation sites (tertiary alicyclic amines) is 1. The highest BCUT2D eigenvalue weighted by molar-refractivity contribution is 6.09. The van der Waals surface area contributed by atoms with E-state index in [9.17, 15) is 9.59 Å². The van der Waals surface area contributed by atoms with Gasteiger partial charge in [-0.15, -0.1) is 0 Å². The number of nitrogens with zero attached hydrogens (tertiary/aromatic N) is 1. The van der Waals surface area contributed by atoms with Gasteiger partial charge in [0, 0.05) is 18.5 Å². The van der Waals surface area contributed by atoms with Gasteiger partial charge in [-0.1, -0.05) is 30.3 Å². The Balaban J connectivity index is 1.88. The summed E-state index contributed by atoms with van der Waals surface area (Å²) in [4.78, 5) is 26.9. The van der Waals surface area contributed by atoms with Gasteiger partial charge < -0.3 is 5.32 Å². The molecule has 0 bridgehead atoms. The first-order valence-corrected chi connectivity index (χ1v) is 7.68. The second-order valence-corrected chi connectivity index (χ2v) is 6.48. The predicted molar refractivity (Wildman–Crippen MR) is 80.8 cm³/mol. The van der Waals surface area contributed by atoms with Crippen molar-refractivity contribution in [2.75, 3.05) is 6.54 Å². The molecule has 21 heavy (non-hydrogen) atoms. The van der Waals surface area contributed by atoms with Crippen molar-refractivity contribution in [3.63, 3.8) is 0 Å². The van der Waals surface area contributed by atoms with Crippen molar-refractivity contribution in [1.29, 1.82) is 0 Å². The van der Waals surface area contributed by atoms with Crippen LogP contribution in [0.15, 0.2) is 30.3 Å². The summed E-state index contributed by atoms with van der Waals surface area (Å²) in [5, 5.41) is 3.37. The molecule has 3 unspecified atom stereocenters. The zero-order valence-corrected chi connectivity index (χ0v) is 12.6. The van der Waals surface area contributed by atoms with Crippen molar-refractivity contribution >= 4 is 11.8 Å². The Hall–Kier alpha value is -1.68. The van der Waals surface area contributed by atoms with Crippen LogP contribution in [0.4, 0.5) is 0 Å². The molecule has 0 aromatic heterocycles. The Labute approximate surface area is 125 Å². The van der Waals surface area contributed by atoms with Crippen molar-refractivity contribution in [3.8, 4) is 0 Å². The molecule has 112 valence electrons. The average Bonchev–Trinajstić information content (AvgIpc) is 2.71. The Morgan fingerprint density at radius 2 is 1.95 bits per heavy atom. The fraction of sp³-hybridized carbons (Fsp3) is 0.529. The third-order valence-electron chi connectivity index (χ3n) is 4.84. The van der Waals surface area contributed by atoms with Crippen molar-refractivity contribution in [2.45, 2.75) is 50.6 Å². The number of hydrogen-bond acceptors (Lipinski definition) is 3. The van der Waals surface area contributed by atoms with E-state index in [0.29, 0.717) is 6.04 Å². The zero-order valence-electron chi connectivity index (χ0n) is 12.6. The lowest BCUT2D eigenvalue weighted by molar-refractivity contribution is -0.143. The number of amides is 2. The van der Waals surface area contributed by atoms with E-state index in [1.54, 1.807) is 4.90 Å². The maximum Gasteiger partial charge on any atom is 0.240 e. The average molecular weight is 286 g/mol. The number of imide groups is 1. The Morgan fingerprint density at radius 1 is 1.24 bits per heavy atom. The van der Waals surface area contributed by atoms with E-state index in [4.69, 9.17) is 0 Å². The molecule has 2 fully saturated rings. The first-order chi connectivity index (χ1) is 10.0. The summed E-state index contributed by atoms with van der Waals surface area (Å²) in [5.41, 5.74) is 0.236. The standard InChI is InChI=1S/C17H22N2O2/c1-12-10-14(8-9-18-12)19-15(20)11-17(2,16(19)21)13-6-4-3-5-7-13/h3-7,12,14,18H,8-11H2,1-2H3. The number of nitrogens with one attached hydrogen (secondary N) is 1. The number of carbonyl (C=O) groups excluding carboxylic acids is 2. The summed E-state index contributed by atoms with van der Waals surface area (Å²) in [5.74, 6) is -0.0525. The third-order valence-corrected chi connectivity index (χ3v) is 4.84. The van der Waals surface area contributed by atoms with Crippen molar-refractivity contribution in [1.82, 2.24) is 10.2 Å². The molecule has 0 saturated carbocycles. The molecule has 4 nitrogen and oxygen atoms in total. The molecule has 2 aliphatic rings. The summed E-state index contributed by atoms with van der Waals surface area (Å²) in [6.45, 7) is 4.87. The summed E-state index contributed by atoms with van der Waals surface area (Å²) in [6.07, 6.45) is 1.99. The molecule has 2 saturated heterocycles. The minimum absolute atomic E-state index is 0.0227. The predicted octanol–water partition coefficient (Wildman–Crippen LogP) is 1.84. The van der Waals surface area contributed by atoms with E-state index in [0.717, 1.165) is 24.9 Å². The summed E-state index contributed by atoms with van der Waals surface area (Å²) < 4.78 is 0. The van der Waals surface area contributed by atoms with Crippen LogP contribution in [-0.4, -0.2) is 35.3 Å². The van der Waals surface area contributed by atoms with Gasteiger partial charge in [-0.25, -0.2) is 0 Å². The Kier molecular flexibility index (Phi) is 3.57. The molecule has 3 rings (SSSR count). The maximum atomic E-state index is 12.9. The smallest absolute Gasteiger partial charge is 0.240 e. The fourth-order valence-corrected chi connectivity index (χ4v) is 3.58. The molecule has 1 aromatic rings. The highest BCUT2D eigenvalue weighted by Crippen LogP contribution is 2.38. The maximum absolute atomic E-state index is 12.9. The molecular formula is C17H22N2O2. The molecule has 3 atom stereocenters. The van der Waals surface area contributed by atoms with E-state index in [-0.39, 0.29) is 24.3 Å². The monoisotopic (exact) mass is 286 g/mol. The van der Waals surface area contributed by atoms with E-state index >= 15 is 0 Å². The van der Waals surface area contributed by atoms with Crippen LogP contribution >= 0.6 is 0 Å².